The predicted octanol–water partition coefficient (Wildman–Crippen LogP) is 3.24. The molecule has 2 rings (SSSR count). The first kappa shape index (κ1) is 13.6. The number of rotatable bonds is 4. The average Bonchev–Trinajstić information content (AvgIpc) is 2.61. The first-order valence-electron chi connectivity index (χ1n) is 5.98. The first-order chi connectivity index (χ1) is 8.15. The smallest absolute Gasteiger partial charge is 0.183 e. The van der Waals surface area contributed by atoms with E-state index in [1.165, 1.54) is 25.9 Å². The number of piperidine rings is 1. The van der Waals surface area contributed by atoms with Crippen molar-refractivity contribution in [2.75, 3.05) is 26.7 Å². The number of nitrogens with zero attached hydrogens (tertiary/aromatic N) is 1. The third-order valence-corrected chi connectivity index (χ3v) is 4.98. The number of hydrogen-bond donors (Lipinski definition) is 1. The lowest BCUT2D eigenvalue weighted by Crippen LogP contribution is -2.34. The van der Waals surface area contributed by atoms with Gasteiger partial charge in [-0.15, -0.1) is 0 Å². The van der Waals surface area contributed by atoms with Gasteiger partial charge in [0, 0.05) is 0 Å². The van der Waals surface area contributed by atoms with Crippen LogP contribution in [0.25, 0.3) is 0 Å². The van der Waals surface area contributed by atoms with Gasteiger partial charge in [0.25, 0.3) is 0 Å². The van der Waals surface area contributed by atoms with Crippen LogP contribution in [0.5, 0.6) is 0 Å². The van der Waals surface area contributed by atoms with Crippen LogP contribution in [0.3, 0.4) is 0 Å². The molecule has 0 radical (unpaired) electrons. The van der Waals surface area contributed by atoms with Gasteiger partial charge in [0.2, 0.25) is 0 Å². The lowest BCUT2D eigenvalue weighted by molar-refractivity contribution is 0.215. The van der Waals surface area contributed by atoms with E-state index in [2.05, 4.69) is 49.1 Å². The Kier molecular flexibility index (Phi) is 5.09. The molecule has 0 spiro atoms. The van der Waals surface area contributed by atoms with Gasteiger partial charge in [-0.3, -0.25) is 0 Å². The molecule has 1 saturated heterocycles. The predicted molar refractivity (Wildman–Crippen MR) is 76.0 cm³/mol. The van der Waals surface area contributed by atoms with E-state index in [-0.39, 0.29) is 0 Å². The standard InChI is InChI=1S/C12H18Br2N2O/c1-16-4-2-9(3-5-16)7-15-8-10-6-11(13)12(14)17-10/h6,9,15H,2-5,7-8H2,1H3. The minimum absolute atomic E-state index is 0.772. The van der Waals surface area contributed by atoms with Gasteiger partial charge in [-0.1, -0.05) is 0 Å². The summed E-state index contributed by atoms with van der Waals surface area (Å²) in [5.41, 5.74) is 0. The van der Waals surface area contributed by atoms with E-state index in [4.69, 9.17) is 4.42 Å². The maximum Gasteiger partial charge on any atom is 0.183 e. The average molecular weight is 366 g/mol. The van der Waals surface area contributed by atoms with Gasteiger partial charge < -0.3 is 14.6 Å². The van der Waals surface area contributed by atoms with Crippen molar-refractivity contribution in [1.82, 2.24) is 10.2 Å². The van der Waals surface area contributed by atoms with Gasteiger partial charge in [-0.2, -0.15) is 0 Å². The van der Waals surface area contributed by atoms with E-state index in [1.54, 1.807) is 0 Å². The van der Waals surface area contributed by atoms with Crippen LogP contribution in [0, 0.1) is 5.92 Å². The molecule has 0 bridgehead atoms. The second-order valence-electron chi connectivity index (χ2n) is 4.71. The summed E-state index contributed by atoms with van der Waals surface area (Å²) in [5, 5.41) is 3.47. The summed E-state index contributed by atoms with van der Waals surface area (Å²) in [7, 11) is 2.20. The van der Waals surface area contributed by atoms with Crippen molar-refractivity contribution < 1.29 is 4.42 Å². The lowest BCUT2D eigenvalue weighted by atomic mass is 9.97. The van der Waals surface area contributed by atoms with Crippen molar-refractivity contribution in [3.8, 4) is 0 Å². The van der Waals surface area contributed by atoms with Crippen LogP contribution in [-0.4, -0.2) is 31.6 Å². The molecule has 96 valence electrons. The normalized spacial score (nSPS) is 18.8. The number of hydrogen-bond acceptors (Lipinski definition) is 3. The van der Waals surface area contributed by atoms with Gasteiger partial charge in [0.1, 0.15) is 5.76 Å². The van der Waals surface area contributed by atoms with Crippen LogP contribution in [0.15, 0.2) is 19.6 Å². The summed E-state index contributed by atoms with van der Waals surface area (Å²) in [4.78, 5) is 2.40. The van der Waals surface area contributed by atoms with Crippen LogP contribution >= 0.6 is 31.9 Å². The molecule has 5 heteroatoms. The molecule has 0 amide bonds. The Balaban J connectivity index is 1.69. The fraction of sp³-hybridized carbons (Fsp3) is 0.667. The maximum absolute atomic E-state index is 5.52. The molecule has 3 nitrogen and oxygen atoms in total. The Labute approximate surface area is 119 Å². The highest BCUT2D eigenvalue weighted by molar-refractivity contribution is 9.13. The van der Waals surface area contributed by atoms with Crippen LogP contribution in [0.1, 0.15) is 18.6 Å². The van der Waals surface area contributed by atoms with E-state index in [0.29, 0.717) is 0 Å². The molecule has 1 N–H and O–H groups in total. The van der Waals surface area contributed by atoms with Gasteiger partial charge in [0.15, 0.2) is 4.67 Å². The SMILES string of the molecule is CN1CCC(CNCc2cc(Br)c(Br)o2)CC1. The highest BCUT2D eigenvalue weighted by atomic mass is 79.9. The summed E-state index contributed by atoms with van der Waals surface area (Å²) in [5.74, 6) is 1.78. The third kappa shape index (κ3) is 4.09. The molecule has 2 heterocycles. The quantitative estimate of drug-likeness (QED) is 0.887. The summed E-state index contributed by atoms with van der Waals surface area (Å²) in [6.07, 6.45) is 2.60. The van der Waals surface area contributed by atoms with Crippen LogP contribution in [-0.2, 0) is 6.54 Å². The third-order valence-electron chi connectivity index (χ3n) is 3.27. The Hall–Kier alpha value is 0.160. The summed E-state index contributed by atoms with van der Waals surface area (Å²) < 4.78 is 7.27. The minimum Gasteiger partial charge on any atom is -0.452 e. The van der Waals surface area contributed by atoms with Gasteiger partial charge in [-0.25, -0.2) is 0 Å². The molecule has 1 aliphatic rings. The number of furan rings is 1. The molecule has 0 aliphatic carbocycles. The monoisotopic (exact) mass is 364 g/mol. The fourth-order valence-corrected chi connectivity index (χ4v) is 2.80. The number of halogens is 2. The highest BCUT2D eigenvalue weighted by Crippen LogP contribution is 2.26. The molecule has 1 aromatic heterocycles. The van der Waals surface area contributed by atoms with Gasteiger partial charge in [0.05, 0.1) is 11.0 Å². The largest absolute Gasteiger partial charge is 0.452 e. The van der Waals surface area contributed by atoms with Gasteiger partial charge in [-0.05, 0) is 83.4 Å². The summed E-state index contributed by atoms with van der Waals surface area (Å²) >= 11 is 6.76. The molecule has 0 saturated carbocycles. The second kappa shape index (κ2) is 6.36. The molecule has 1 aliphatic heterocycles. The zero-order chi connectivity index (χ0) is 12.3. The van der Waals surface area contributed by atoms with Crippen molar-refractivity contribution in [1.29, 1.82) is 0 Å². The maximum atomic E-state index is 5.52. The number of likely N-dealkylation sites (tertiary alicyclic amines) is 1. The molecule has 0 atom stereocenters. The first-order valence-corrected chi connectivity index (χ1v) is 7.56. The lowest BCUT2D eigenvalue weighted by Gasteiger charge is -2.28. The Bertz CT molecular complexity index is 340. The van der Waals surface area contributed by atoms with Crippen LogP contribution < -0.4 is 5.32 Å². The Morgan fingerprint density at radius 3 is 2.71 bits per heavy atom. The number of nitrogens with one attached hydrogen (secondary N) is 1. The van der Waals surface area contributed by atoms with E-state index >= 15 is 0 Å². The molecule has 0 aromatic carbocycles. The zero-order valence-corrected chi connectivity index (χ0v) is 13.2. The molecule has 1 fully saturated rings. The van der Waals surface area contributed by atoms with Crippen LogP contribution in [0.2, 0.25) is 0 Å². The fourth-order valence-electron chi connectivity index (χ4n) is 2.14. The van der Waals surface area contributed by atoms with E-state index in [0.717, 1.165) is 33.9 Å². The van der Waals surface area contributed by atoms with Crippen molar-refractivity contribution in [2.24, 2.45) is 5.92 Å². The molecular formula is C12H18Br2N2O. The Morgan fingerprint density at radius 1 is 1.41 bits per heavy atom. The van der Waals surface area contributed by atoms with Crippen molar-refractivity contribution in [3.63, 3.8) is 0 Å². The molecule has 1 aromatic rings. The van der Waals surface area contributed by atoms with Crippen molar-refractivity contribution >= 4 is 31.9 Å². The van der Waals surface area contributed by atoms with E-state index in [9.17, 15) is 0 Å². The van der Waals surface area contributed by atoms with Crippen molar-refractivity contribution in [2.45, 2.75) is 19.4 Å². The van der Waals surface area contributed by atoms with Gasteiger partial charge >= 0.3 is 0 Å². The molecule has 0 unspecified atom stereocenters. The van der Waals surface area contributed by atoms with E-state index < -0.39 is 0 Å². The summed E-state index contributed by atoms with van der Waals surface area (Å²) in [6, 6.07) is 2.01. The topological polar surface area (TPSA) is 28.4 Å². The Morgan fingerprint density at radius 2 is 2.12 bits per heavy atom. The second-order valence-corrected chi connectivity index (χ2v) is 6.29. The van der Waals surface area contributed by atoms with Crippen LogP contribution in [0.4, 0.5) is 0 Å². The van der Waals surface area contributed by atoms with E-state index in [1.807, 2.05) is 6.07 Å². The van der Waals surface area contributed by atoms with Crippen molar-refractivity contribution in [3.05, 3.63) is 21.0 Å². The summed E-state index contributed by atoms with van der Waals surface area (Å²) in [6.45, 7) is 4.34. The molecule has 17 heavy (non-hydrogen) atoms. The highest BCUT2D eigenvalue weighted by Gasteiger charge is 2.16. The minimum atomic E-state index is 0.772. The molecular weight excluding hydrogens is 348 g/mol. The zero-order valence-electron chi connectivity index (χ0n) is 10.0.